The minimum Gasteiger partial charge on any atom is -0.479 e. The lowest BCUT2D eigenvalue weighted by Gasteiger charge is -2.30. The fourth-order valence-electron chi connectivity index (χ4n) is 2.67. The fraction of sp³-hybridized carbons (Fsp3) is 0.263. The van der Waals surface area contributed by atoms with Gasteiger partial charge in [-0.15, -0.1) is 0 Å². The molecule has 144 valence electrons. The van der Waals surface area contributed by atoms with Crippen molar-refractivity contribution in [2.75, 3.05) is 14.1 Å². The zero-order valence-electron chi connectivity index (χ0n) is 15.3. The summed E-state index contributed by atoms with van der Waals surface area (Å²) in [7, 11) is -0.778. The number of nitrogens with zero attached hydrogens (tertiary/aromatic N) is 1. The second-order valence-corrected chi connectivity index (χ2v) is 8.35. The molecule has 2 aromatic rings. The molecule has 0 heterocycles. The summed E-state index contributed by atoms with van der Waals surface area (Å²) < 4.78 is 25.3. The molecule has 1 amide bonds. The monoisotopic (exact) mass is 390 g/mol. The first-order valence-corrected chi connectivity index (χ1v) is 9.73. The number of hydrogen-bond donors (Lipinski definition) is 2. The van der Waals surface area contributed by atoms with E-state index in [2.05, 4.69) is 5.32 Å². The molecule has 2 N–H and O–H groups in total. The Hall–Kier alpha value is -2.71. The van der Waals surface area contributed by atoms with E-state index in [1.807, 2.05) is 0 Å². The van der Waals surface area contributed by atoms with Gasteiger partial charge >= 0.3 is 5.97 Å². The minimum absolute atomic E-state index is 0.0482. The van der Waals surface area contributed by atoms with Crippen molar-refractivity contribution in [3.05, 3.63) is 65.7 Å². The van der Waals surface area contributed by atoms with Gasteiger partial charge in [-0.05, 0) is 36.2 Å². The number of carbonyl (C=O) groups is 2. The summed E-state index contributed by atoms with van der Waals surface area (Å²) in [5.74, 6) is -1.77. The van der Waals surface area contributed by atoms with E-state index in [0.29, 0.717) is 5.56 Å². The maximum atomic E-state index is 12.7. The molecule has 2 rings (SSSR count). The highest BCUT2D eigenvalue weighted by Gasteiger charge is 2.40. The first-order chi connectivity index (χ1) is 12.6. The topological polar surface area (TPSA) is 104 Å². The summed E-state index contributed by atoms with van der Waals surface area (Å²) in [4.78, 5) is 24.7. The lowest BCUT2D eigenvalue weighted by atomic mass is 9.87. The quantitative estimate of drug-likeness (QED) is 0.753. The molecule has 0 saturated carbocycles. The second-order valence-electron chi connectivity index (χ2n) is 6.20. The largest absolute Gasteiger partial charge is 0.479 e. The molecule has 1 atom stereocenters. The van der Waals surface area contributed by atoms with Crippen molar-refractivity contribution in [1.82, 2.24) is 9.62 Å². The van der Waals surface area contributed by atoms with E-state index in [-0.39, 0.29) is 16.9 Å². The van der Waals surface area contributed by atoms with Gasteiger partial charge in [0.05, 0.1) is 4.90 Å². The van der Waals surface area contributed by atoms with Gasteiger partial charge in [0.15, 0.2) is 5.54 Å². The van der Waals surface area contributed by atoms with Gasteiger partial charge in [-0.3, -0.25) is 4.79 Å². The number of nitrogens with one attached hydrogen (secondary N) is 1. The Kier molecular flexibility index (Phi) is 6.02. The van der Waals surface area contributed by atoms with Crippen LogP contribution >= 0.6 is 0 Å². The minimum atomic E-state index is -3.61. The molecule has 0 radical (unpaired) electrons. The molecule has 0 aliphatic rings. The third-order valence-electron chi connectivity index (χ3n) is 4.38. The average molecular weight is 390 g/mol. The van der Waals surface area contributed by atoms with Crippen LogP contribution in [0.2, 0.25) is 0 Å². The van der Waals surface area contributed by atoms with Gasteiger partial charge in [0.25, 0.3) is 5.91 Å². The first kappa shape index (κ1) is 20.6. The summed E-state index contributed by atoms with van der Waals surface area (Å²) in [6, 6.07) is 13.8. The van der Waals surface area contributed by atoms with Gasteiger partial charge in [-0.1, -0.05) is 37.3 Å². The molecular weight excluding hydrogens is 368 g/mol. The average Bonchev–Trinajstić information content (AvgIpc) is 2.66. The standard InChI is InChI=1S/C19H22N2O5S/c1-4-19(18(23)24,15-8-6-5-7-9-15)20-17(22)14-10-12-16(13-11-14)27(25,26)21(2)3/h5-13H,4H2,1-3H3,(H,20,22)(H,23,24). The number of aliphatic carboxylic acids is 1. The SMILES string of the molecule is CCC(NC(=O)c1ccc(S(=O)(=O)N(C)C)cc1)(C(=O)O)c1ccccc1. The molecule has 0 spiro atoms. The van der Waals surface area contributed by atoms with E-state index in [4.69, 9.17) is 0 Å². The van der Waals surface area contributed by atoms with Crippen molar-refractivity contribution >= 4 is 21.9 Å². The van der Waals surface area contributed by atoms with Crippen LogP contribution < -0.4 is 5.32 Å². The molecule has 0 saturated heterocycles. The Morgan fingerprint density at radius 2 is 1.59 bits per heavy atom. The zero-order valence-corrected chi connectivity index (χ0v) is 16.2. The predicted octanol–water partition coefficient (Wildman–Crippen LogP) is 2.06. The highest BCUT2D eigenvalue weighted by atomic mass is 32.2. The van der Waals surface area contributed by atoms with Gasteiger partial charge in [0.2, 0.25) is 10.0 Å². The smallest absolute Gasteiger partial charge is 0.334 e. The van der Waals surface area contributed by atoms with Crippen molar-refractivity contribution < 1.29 is 23.1 Å². The lowest BCUT2D eigenvalue weighted by Crippen LogP contribution is -2.51. The molecule has 0 bridgehead atoms. The summed E-state index contributed by atoms with van der Waals surface area (Å²) in [5, 5.41) is 12.4. The Labute approximate surface area is 158 Å². The molecule has 27 heavy (non-hydrogen) atoms. The lowest BCUT2D eigenvalue weighted by molar-refractivity contribution is -0.145. The van der Waals surface area contributed by atoms with Crippen LogP contribution in [0.4, 0.5) is 0 Å². The highest BCUT2D eigenvalue weighted by molar-refractivity contribution is 7.89. The van der Waals surface area contributed by atoms with Crippen molar-refractivity contribution in [2.45, 2.75) is 23.8 Å². The summed E-state index contributed by atoms with van der Waals surface area (Å²) in [6.45, 7) is 1.67. The fourth-order valence-corrected chi connectivity index (χ4v) is 3.57. The molecule has 0 fully saturated rings. The number of hydrogen-bond acceptors (Lipinski definition) is 4. The van der Waals surface area contributed by atoms with Crippen LogP contribution in [0, 0.1) is 0 Å². The third-order valence-corrected chi connectivity index (χ3v) is 6.21. The molecule has 0 aliphatic heterocycles. The van der Waals surface area contributed by atoms with E-state index in [1.165, 1.54) is 38.4 Å². The Morgan fingerprint density at radius 3 is 2.04 bits per heavy atom. The van der Waals surface area contributed by atoms with E-state index in [9.17, 15) is 23.1 Å². The summed E-state index contributed by atoms with van der Waals surface area (Å²) in [6.07, 6.45) is 0.144. The molecule has 7 nitrogen and oxygen atoms in total. The number of sulfonamides is 1. The maximum Gasteiger partial charge on any atom is 0.334 e. The van der Waals surface area contributed by atoms with Crippen LogP contribution in [0.15, 0.2) is 59.5 Å². The van der Waals surface area contributed by atoms with Crippen molar-refractivity contribution in [1.29, 1.82) is 0 Å². The third kappa shape index (κ3) is 4.01. The Bertz CT molecular complexity index is 924. The second kappa shape index (κ2) is 7.89. The Morgan fingerprint density at radius 1 is 1.04 bits per heavy atom. The van der Waals surface area contributed by atoms with Crippen LogP contribution in [0.5, 0.6) is 0 Å². The molecule has 1 unspecified atom stereocenters. The van der Waals surface area contributed by atoms with E-state index < -0.39 is 27.4 Å². The number of rotatable bonds is 7. The number of carboxylic acid groups (broad SMARTS) is 1. The zero-order chi connectivity index (χ0) is 20.2. The van der Waals surface area contributed by atoms with Crippen LogP contribution in [0.25, 0.3) is 0 Å². The summed E-state index contributed by atoms with van der Waals surface area (Å²) in [5.41, 5.74) is -0.949. The van der Waals surface area contributed by atoms with E-state index in [1.54, 1.807) is 37.3 Å². The van der Waals surface area contributed by atoms with Crippen LogP contribution in [0.1, 0.15) is 29.3 Å². The predicted molar refractivity (Wildman–Crippen MR) is 101 cm³/mol. The van der Waals surface area contributed by atoms with Gasteiger partial charge in [-0.2, -0.15) is 0 Å². The molecule has 0 aliphatic carbocycles. The van der Waals surface area contributed by atoms with Gasteiger partial charge in [0, 0.05) is 19.7 Å². The number of benzene rings is 2. The van der Waals surface area contributed by atoms with E-state index >= 15 is 0 Å². The van der Waals surface area contributed by atoms with E-state index in [0.717, 1.165) is 4.31 Å². The normalized spacial score (nSPS) is 13.8. The van der Waals surface area contributed by atoms with Gasteiger partial charge < -0.3 is 10.4 Å². The molecular formula is C19H22N2O5S. The summed E-state index contributed by atoms with van der Waals surface area (Å²) >= 11 is 0. The van der Waals surface area contributed by atoms with Crippen LogP contribution in [-0.4, -0.2) is 43.8 Å². The first-order valence-electron chi connectivity index (χ1n) is 8.29. The number of amides is 1. The van der Waals surface area contributed by atoms with Gasteiger partial charge in [-0.25, -0.2) is 17.5 Å². The maximum absolute atomic E-state index is 12.7. The number of carboxylic acids is 1. The van der Waals surface area contributed by atoms with Crippen LogP contribution in [-0.2, 0) is 20.4 Å². The Balaban J connectivity index is 2.35. The highest BCUT2D eigenvalue weighted by Crippen LogP contribution is 2.26. The molecule has 2 aromatic carbocycles. The number of carbonyl (C=O) groups excluding carboxylic acids is 1. The molecule has 0 aromatic heterocycles. The van der Waals surface area contributed by atoms with Crippen LogP contribution in [0.3, 0.4) is 0 Å². The van der Waals surface area contributed by atoms with Crippen molar-refractivity contribution in [3.63, 3.8) is 0 Å². The molecule has 8 heteroatoms. The van der Waals surface area contributed by atoms with Crippen molar-refractivity contribution in [2.24, 2.45) is 0 Å². The van der Waals surface area contributed by atoms with Gasteiger partial charge in [0.1, 0.15) is 0 Å². The van der Waals surface area contributed by atoms with Crippen molar-refractivity contribution in [3.8, 4) is 0 Å².